The van der Waals surface area contributed by atoms with Crippen molar-refractivity contribution in [1.82, 2.24) is 10.3 Å². The van der Waals surface area contributed by atoms with Crippen molar-refractivity contribution < 1.29 is 9.47 Å². The van der Waals surface area contributed by atoms with E-state index in [0.717, 1.165) is 32.7 Å². The molecule has 0 saturated heterocycles. The Morgan fingerprint density at radius 2 is 2.17 bits per heavy atom. The lowest BCUT2D eigenvalue weighted by Crippen LogP contribution is -2.19. The highest BCUT2D eigenvalue weighted by atomic mass is 16.5. The van der Waals surface area contributed by atoms with Crippen molar-refractivity contribution in [3.8, 4) is 5.88 Å². The average molecular weight is 252 g/mol. The molecule has 1 heterocycles. The van der Waals surface area contributed by atoms with Crippen LogP contribution in [0.5, 0.6) is 5.88 Å². The lowest BCUT2D eigenvalue weighted by molar-refractivity contribution is 0.125. The highest BCUT2D eigenvalue weighted by Crippen LogP contribution is 2.07. The van der Waals surface area contributed by atoms with Crippen LogP contribution in [-0.4, -0.2) is 31.9 Å². The van der Waals surface area contributed by atoms with Gasteiger partial charge >= 0.3 is 0 Å². The van der Waals surface area contributed by atoms with Crippen LogP contribution in [0, 0.1) is 5.92 Å². The van der Waals surface area contributed by atoms with Crippen LogP contribution in [0.2, 0.25) is 0 Å². The molecule has 18 heavy (non-hydrogen) atoms. The van der Waals surface area contributed by atoms with Crippen molar-refractivity contribution in [3.05, 3.63) is 23.9 Å². The van der Waals surface area contributed by atoms with Gasteiger partial charge in [0.1, 0.15) is 0 Å². The van der Waals surface area contributed by atoms with Crippen molar-refractivity contribution in [3.63, 3.8) is 0 Å². The summed E-state index contributed by atoms with van der Waals surface area (Å²) < 4.78 is 10.6. The maximum absolute atomic E-state index is 5.53. The Morgan fingerprint density at radius 1 is 1.33 bits per heavy atom. The Labute approximate surface area is 110 Å². The molecule has 4 heteroatoms. The zero-order valence-electron chi connectivity index (χ0n) is 11.6. The minimum absolute atomic E-state index is 0.655. The Bertz CT molecular complexity index is 329. The van der Waals surface area contributed by atoms with Crippen molar-refractivity contribution in [1.29, 1.82) is 0 Å². The standard InChI is InChI=1S/C14H24N2O2/c1-12(2)5-8-18-9-7-15-11-13-4-6-16-14(10-13)17-3/h4,6,10,12,15H,5,7-9,11H2,1-3H3. The molecule has 1 rings (SSSR count). The van der Waals surface area contributed by atoms with Crippen LogP contribution < -0.4 is 10.1 Å². The van der Waals surface area contributed by atoms with Crippen LogP contribution in [0.4, 0.5) is 0 Å². The van der Waals surface area contributed by atoms with Gasteiger partial charge in [0.2, 0.25) is 5.88 Å². The summed E-state index contributed by atoms with van der Waals surface area (Å²) in [5.74, 6) is 1.37. The van der Waals surface area contributed by atoms with Gasteiger partial charge in [-0.15, -0.1) is 0 Å². The van der Waals surface area contributed by atoms with E-state index in [4.69, 9.17) is 9.47 Å². The van der Waals surface area contributed by atoms with Crippen LogP contribution in [0.15, 0.2) is 18.3 Å². The first-order chi connectivity index (χ1) is 8.72. The molecule has 1 N–H and O–H groups in total. The van der Waals surface area contributed by atoms with Crippen LogP contribution in [0.25, 0.3) is 0 Å². The van der Waals surface area contributed by atoms with E-state index in [2.05, 4.69) is 24.1 Å². The summed E-state index contributed by atoms with van der Waals surface area (Å²) in [5.41, 5.74) is 1.17. The largest absolute Gasteiger partial charge is 0.481 e. The molecular weight excluding hydrogens is 228 g/mol. The third kappa shape index (κ3) is 6.57. The molecule has 0 radical (unpaired) electrons. The molecular formula is C14H24N2O2. The fourth-order valence-corrected chi connectivity index (χ4v) is 1.47. The maximum Gasteiger partial charge on any atom is 0.213 e. The minimum Gasteiger partial charge on any atom is -0.481 e. The molecule has 0 aliphatic rings. The molecule has 0 atom stereocenters. The first-order valence-electron chi connectivity index (χ1n) is 6.49. The molecule has 102 valence electrons. The predicted molar refractivity (Wildman–Crippen MR) is 72.8 cm³/mol. The van der Waals surface area contributed by atoms with Crippen molar-refractivity contribution in [2.24, 2.45) is 5.92 Å². The number of pyridine rings is 1. The number of hydrogen-bond acceptors (Lipinski definition) is 4. The Kier molecular flexibility index (Phi) is 7.37. The van der Waals surface area contributed by atoms with E-state index in [1.54, 1.807) is 13.3 Å². The number of nitrogens with zero attached hydrogens (tertiary/aromatic N) is 1. The fraction of sp³-hybridized carbons (Fsp3) is 0.643. The van der Waals surface area contributed by atoms with Gasteiger partial charge in [-0.2, -0.15) is 0 Å². The second kappa shape index (κ2) is 8.89. The number of nitrogens with one attached hydrogen (secondary N) is 1. The summed E-state index contributed by atoms with van der Waals surface area (Å²) in [6, 6.07) is 3.92. The predicted octanol–water partition coefficient (Wildman–Crippen LogP) is 2.24. The Balaban J connectivity index is 2.06. The van der Waals surface area contributed by atoms with Crippen LogP contribution in [0.1, 0.15) is 25.8 Å². The fourth-order valence-electron chi connectivity index (χ4n) is 1.47. The molecule has 0 unspecified atom stereocenters. The third-order valence-electron chi connectivity index (χ3n) is 2.60. The highest BCUT2D eigenvalue weighted by molar-refractivity contribution is 5.20. The molecule has 1 aromatic rings. The Hall–Kier alpha value is -1.13. The maximum atomic E-state index is 5.53. The van der Waals surface area contributed by atoms with Crippen molar-refractivity contribution in [2.45, 2.75) is 26.8 Å². The first-order valence-corrected chi connectivity index (χ1v) is 6.49. The lowest BCUT2D eigenvalue weighted by atomic mass is 10.1. The van der Waals surface area contributed by atoms with Gasteiger partial charge in [-0.05, 0) is 24.0 Å². The summed E-state index contributed by atoms with van der Waals surface area (Å²) >= 11 is 0. The second-order valence-corrected chi connectivity index (χ2v) is 4.68. The zero-order valence-corrected chi connectivity index (χ0v) is 11.6. The zero-order chi connectivity index (χ0) is 13.2. The number of ether oxygens (including phenoxy) is 2. The van der Waals surface area contributed by atoms with E-state index < -0.39 is 0 Å². The van der Waals surface area contributed by atoms with E-state index in [0.29, 0.717) is 11.8 Å². The second-order valence-electron chi connectivity index (χ2n) is 4.68. The molecule has 1 aromatic heterocycles. The number of methoxy groups -OCH3 is 1. The SMILES string of the molecule is COc1cc(CNCCOCCC(C)C)ccn1. The third-order valence-corrected chi connectivity index (χ3v) is 2.60. The van der Waals surface area contributed by atoms with E-state index in [-0.39, 0.29) is 0 Å². The first kappa shape index (κ1) is 14.9. The monoisotopic (exact) mass is 252 g/mol. The quantitative estimate of drug-likeness (QED) is 0.685. The smallest absolute Gasteiger partial charge is 0.213 e. The summed E-state index contributed by atoms with van der Waals surface area (Å²) in [5, 5.41) is 3.33. The van der Waals surface area contributed by atoms with Gasteiger partial charge in [-0.25, -0.2) is 4.98 Å². The Morgan fingerprint density at radius 3 is 2.89 bits per heavy atom. The van der Waals surface area contributed by atoms with Crippen molar-refractivity contribution >= 4 is 0 Å². The van der Waals surface area contributed by atoms with Crippen molar-refractivity contribution in [2.75, 3.05) is 26.9 Å². The van der Waals surface area contributed by atoms with Gasteiger partial charge in [0, 0.05) is 32.0 Å². The van der Waals surface area contributed by atoms with Crippen LogP contribution in [-0.2, 0) is 11.3 Å². The normalized spacial score (nSPS) is 10.9. The van der Waals surface area contributed by atoms with Crippen LogP contribution in [0.3, 0.4) is 0 Å². The van der Waals surface area contributed by atoms with Gasteiger partial charge in [0.25, 0.3) is 0 Å². The van der Waals surface area contributed by atoms with Gasteiger partial charge in [0.15, 0.2) is 0 Å². The molecule has 0 aliphatic carbocycles. The topological polar surface area (TPSA) is 43.4 Å². The molecule has 0 spiro atoms. The average Bonchev–Trinajstić information content (AvgIpc) is 2.37. The number of hydrogen-bond donors (Lipinski definition) is 1. The molecule has 0 saturated carbocycles. The van der Waals surface area contributed by atoms with Gasteiger partial charge in [-0.3, -0.25) is 0 Å². The van der Waals surface area contributed by atoms with E-state index >= 15 is 0 Å². The number of aromatic nitrogens is 1. The van der Waals surface area contributed by atoms with E-state index in [1.165, 1.54) is 5.56 Å². The summed E-state index contributed by atoms with van der Waals surface area (Å²) in [6.45, 7) is 7.70. The van der Waals surface area contributed by atoms with Crippen LogP contribution >= 0.6 is 0 Å². The summed E-state index contributed by atoms with van der Waals surface area (Å²) in [6.07, 6.45) is 2.89. The molecule has 0 aliphatic heterocycles. The minimum atomic E-state index is 0.655. The van der Waals surface area contributed by atoms with E-state index in [9.17, 15) is 0 Å². The molecule has 0 amide bonds. The summed E-state index contributed by atoms with van der Waals surface area (Å²) in [4.78, 5) is 4.07. The number of rotatable bonds is 9. The van der Waals surface area contributed by atoms with Gasteiger partial charge in [-0.1, -0.05) is 13.8 Å². The van der Waals surface area contributed by atoms with Gasteiger partial charge in [0.05, 0.1) is 13.7 Å². The molecule has 0 aromatic carbocycles. The molecule has 4 nitrogen and oxygen atoms in total. The summed E-state index contributed by atoms with van der Waals surface area (Å²) in [7, 11) is 1.63. The molecule has 0 bridgehead atoms. The molecule has 0 fully saturated rings. The lowest BCUT2D eigenvalue weighted by Gasteiger charge is -2.08. The van der Waals surface area contributed by atoms with E-state index in [1.807, 2.05) is 12.1 Å². The van der Waals surface area contributed by atoms with Gasteiger partial charge < -0.3 is 14.8 Å². The highest BCUT2D eigenvalue weighted by Gasteiger charge is 1.97.